The Balaban J connectivity index is -0.000000244. The predicted octanol–water partition coefficient (Wildman–Crippen LogP) is -1.39. The van der Waals surface area contributed by atoms with Crippen molar-refractivity contribution in [2.45, 2.75) is 98.2 Å². The second-order valence-corrected chi connectivity index (χ2v) is 33.5. The molecule has 9 aromatic heterocycles. The van der Waals surface area contributed by atoms with Gasteiger partial charge in [0, 0.05) is 72.0 Å². The molecular formula is C70H88B3Br5K2LiN13NaO27Si. The molecule has 0 amide bonds. The largest absolute Gasteiger partial charge is 1.00 e. The van der Waals surface area contributed by atoms with Crippen molar-refractivity contribution < 1.29 is 273 Å². The Morgan fingerprint density at radius 1 is 0.748 bits per heavy atom. The molecule has 647 valence electrons. The summed E-state index contributed by atoms with van der Waals surface area (Å²) in [6.07, 6.45) is 18.2. The first-order valence-electron chi connectivity index (χ1n) is 33.5. The van der Waals surface area contributed by atoms with Gasteiger partial charge in [-0.15, -0.1) is 5.34 Å². The van der Waals surface area contributed by atoms with Crippen LogP contribution in [0.5, 0.6) is 0 Å². The zero-order valence-electron chi connectivity index (χ0n) is 71.8. The maximum atomic E-state index is 11.3. The quantitative estimate of drug-likeness (QED) is 0.00840. The number of ether oxygens (including phenoxy) is 6. The van der Waals surface area contributed by atoms with E-state index in [1.54, 1.807) is 95.8 Å². The van der Waals surface area contributed by atoms with Gasteiger partial charge in [0.1, 0.15) is 24.4 Å². The number of hydrogen-bond donors (Lipinski definition) is 4. The number of carbonyl (C=O) groups is 8. The Morgan fingerprint density at radius 3 is 1.63 bits per heavy atom. The van der Waals surface area contributed by atoms with Gasteiger partial charge in [0.2, 0.25) is 5.71 Å². The number of aromatic carboxylic acids is 1. The molecule has 2 aliphatic heterocycles. The van der Waals surface area contributed by atoms with Crippen molar-refractivity contribution in [2.75, 3.05) is 42.7 Å². The van der Waals surface area contributed by atoms with Crippen LogP contribution in [0.1, 0.15) is 101 Å². The number of aryl methyl sites for hydroxylation is 2. The molecule has 40 nitrogen and oxygen atoms in total. The molecular weight excluding hydrogens is 2020 g/mol. The van der Waals surface area contributed by atoms with Crippen molar-refractivity contribution in [3.05, 3.63) is 231 Å². The van der Waals surface area contributed by atoms with E-state index in [1.165, 1.54) is 61.8 Å². The first-order valence-corrected chi connectivity index (χ1v) is 40.4. The van der Waals surface area contributed by atoms with Gasteiger partial charge >= 0.3 is 209 Å². The van der Waals surface area contributed by atoms with Crippen LogP contribution in [0.15, 0.2) is 181 Å². The number of pyridine rings is 6. The third kappa shape index (κ3) is 51.9. The second-order valence-electron chi connectivity index (χ2n) is 24.2. The smallest absolute Gasteiger partial charge is 1.00 e. The summed E-state index contributed by atoms with van der Waals surface area (Å²) >= 11 is 16.3. The van der Waals surface area contributed by atoms with Gasteiger partial charge in [-0.2, -0.15) is 4.73 Å². The number of oxime groups is 1. The Labute approximate surface area is 874 Å². The van der Waals surface area contributed by atoms with E-state index >= 15 is 0 Å². The van der Waals surface area contributed by atoms with Gasteiger partial charge in [0.15, 0.2) is 29.5 Å². The summed E-state index contributed by atoms with van der Waals surface area (Å²) in [7, 11) is 7.38. The summed E-state index contributed by atoms with van der Waals surface area (Å²) in [5.41, 5.74) is 11.2. The number of halogens is 5. The van der Waals surface area contributed by atoms with Crippen LogP contribution in [0.4, 0.5) is 0 Å². The van der Waals surface area contributed by atoms with Crippen molar-refractivity contribution in [2.24, 2.45) is 22.1 Å². The Hall–Kier alpha value is -5.60. The van der Waals surface area contributed by atoms with Gasteiger partial charge in [-0.1, -0.05) is 113 Å². The number of aromatic nitrogens is 10. The Kier molecular flexibility index (Phi) is 74.4. The molecule has 123 heavy (non-hydrogen) atoms. The standard InChI is InChI=1S/C10H10N2O2.C9H7BrN2O2.C9H12N2O2.C9H20O2Si.C8H7BrN2O3.C8H9BrN2O2.C8H8BrNO2.C5H4BrNO.C2H6B3O3.CH2O3.CH2O2.2K.Li.HNO2.Na.H2O.H/c1-7-3-4-12-6-11-9(8(12)5-7)10(13)14-2;1-14-9(13)8-7-4-6(10)2-3-12(7)5-11-8;1-6-2-3-11-5-10-8(9(12)13)7(11)4-6;1-8(10-5)11-12(6,7)9(2,3)4;1-14-8(12)7(11-13)6-4-5(9)2-3-10-6;1-13-8(12)7(10)6-4-5(9)2-3-11-6;1-12-8(11)5-7-4-6(9)2-3-10-7;6-5-1-3-7(8)4-2-5;1-4-6-3-7-5(2)8-4;2-1-4-3;2-1-3;;;;2-1-3;;;/h3-6H,1-2H3;2-5H,1H3;5-6H,2-4H2,1H3,(H,12,13);1H2,2-7H3;2-4,13H,1H3;2-4,7H,10H2,1H3;2-4H,5H2,1H3;1-4H;1-2H3;1,3H;1H,(H,2,3);;;;(H,2,3);;1H2;/q;;;;;;;;;;;3*+1;;+1;;-1/p-3/b;;;;11-7+;;;;;;;;;;;;;. The SMILES string of the molecule is C=C(OC)O[Si](C)(C)C(C)(C)C.CB1O[B]OB(C)O1.CC1CCn2cnc(C(=O)O)c2C1.COC(=O)/C(=N/O)c1cc(Br)ccn1.COC(=O)C(N)c1cc(Br)ccn1.COC(=O)Cc1cc(Br)ccn1.COC(=O)c1ncn2ccc(Br)cc12.COC(=O)c1ncn2ccc(C)cc12.O=CO.O=CO[O-].O=N[O-].[H-].[K+].[K+].[Li+].[Na+].[O-][n+]1ccc(Br)cc1.[OH-]. The van der Waals surface area contributed by atoms with E-state index in [4.69, 9.17) is 69.0 Å². The number of carbonyl (C=O) groups excluding carboxylic acids is 6. The third-order valence-electron chi connectivity index (χ3n) is 14.9. The van der Waals surface area contributed by atoms with Crippen LogP contribution in [0.25, 0.3) is 11.0 Å². The van der Waals surface area contributed by atoms with E-state index in [1.807, 2.05) is 61.8 Å². The molecule has 1 saturated heterocycles. The fourth-order valence-corrected chi connectivity index (χ4v) is 10.8. The van der Waals surface area contributed by atoms with Crippen LogP contribution in [0.3, 0.4) is 0 Å². The van der Waals surface area contributed by atoms with Crippen LogP contribution in [-0.4, -0.2) is 192 Å². The van der Waals surface area contributed by atoms with Crippen LogP contribution < -0.4 is 167 Å². The summed E-state index contributed by atoms with van der Waals surface area (Å²) in [6.45, 7) is 22.7. The number of carboxylic acids is 1. The first kappa shape index (κ1) is 128. The first-order chi connectivity index (χ1) is 55.7. The Bertz CT molecular complexity index is 4570. The molecule has 11 rings (SSSR count). The summed E-state index contributed by atoms with van der Waals surface area (Å²) < 4.78 is 58.3. The number of fused-ring (bicyclic) bond motifs is 3. The van der Waals surface area contributed by atoms with Crippen molar-refractivity contribution in [3.8, 4) is 0 Å². The van der Waals surface area contributed by atoms with Gasteiger partial charge in [-0.05, 0) is 130 Å². The molecule has 0 bridgehead atoms. The minimum absolute atomic E-state index is 0. The molecule has 0 saturated carbocycles. The number of nitrogens with zero attached hydrogens (tertiary/aromatic N) is 12. The summed E-state index contributed by atoms with van der Waals surface area (Å²) in [4.78, 5) is 118. The molecule has 11 heterocycles. The number of esters is 5. The van der Waals surface area contributed by atoms with E-state index in [0.29, 0.717) is 34.6 Å². The molecule has 1 fully saturated rings. The van der Waals surface area contributed by atoms with E-state index in [9.17, 15) is 34.0 Å². The second kappa shape index (κ2) is 71.3. The average Bonchev–Trinajstić information content (AvgIpc) is 1.65. The number of carboxylic acid groups (broad SMARTS) is 2. The zero-order chi connectivity index (χ0) is 89.8. The van der Waals surface area contributed by atoms with Gasteiger partial charge in [0.25, 0.3) is 27.2 Å². The monoisotopic (exact) mass is 2110 g/mol. The molecule has 9 aromatic rings. The van der Waals surface area contributed by atoms with Crippen LogP contribution in [0.2, 0.25) is 31.8 Å². The summed E-state index contributed by atoms with van der Waals surface area (Å²) in [5, 5.41) is 55.1. The van der Waals surface area contributed by atoms with Crippen LogP contribution >= 0.6 is 79.6 Å². The minimum atomic E-state index is -1.71. The number of imidazole rings is 3. The Morgan fingerprint density at radius 2 is 1.22 bits per heavy atom. The molecule has 0 aromatic carbocycles. The van der Waals surface area contributed by atoms with Gasteiger partial charge < -0.3 is 113 Å². The molecule has 2 atom stereocenters. The molecule has 2 unspecified atom stereocenters. The molecule has 53 heteroatoms. The maximum absolute atomic E-state index is 11.3. The number of methoxy groups -OCH3 is 6. The van der Waals surface area contributed by atoms with Crippen molar-refractivity contribution in [3.63, 3.8) is 0 Å². The van der Waals surface area contributed by atoms with Crippen molar-refractivity contribution in [1.82, 2.24) is 43.3 Å². The van der Waals surface area contributed by atoms with Crippen LogP contribution in [-0.2, 0) is 94.8 Å². The number of hydrogen-bond acceptors (Lipinski definition) is 34. The minimum Gasteiger partial charge on any atom is -1.00 e. The maximum Gasteiger partial charge on any atom is 1.00 e. The van der Waals surface area contributed by atoms with Gasteiger partial charge in [-0.25, -0.2) is 38.9 Å². The molecule has 0 aliphatic carbocycles. The predicted molar refractivity (Wildman–Crippen MR) is 451 cm³/mol. The normalized spacial score (nSPS) is 11.6. The van der Waals surface area contributed by atoms with E-state index in [0.717, 1.165) is 74.1 Å². The fraction of sp³-hybridized carbons (Fsp3) is 0.314. The topological polar surface area (TPSA) is 561 Å². The van der Waals surface area contributed by atoms with Crippen molar-refractivity contribution >= 4 is 175 Å². The fourth-order valence-electron chi connectivity index (χ4n) is 8.18. The van der Waals surface area contributed by atoms with Gasteiger partial charge in [0.05, 0.1) is 83.5 Å². The number of rotatable bonds is 13. The van der Waals surface area contributed by atoms with E-state index in [2.05, 4.69) is 191 Å². The average molecular weight is 2110 g/mol. The zero-order valence-corrected chi connectivity index (χ0v) is 88.0. The van der Waals surface area contributed by atoms with Crippen molar-refractivity contribution in [1.29, 1.82) is 0 Å². The van der Waals surface area contributed by atoms with E-state index in [-0.39, 0.29) is 220 Å². The van der Waals surface area contributed by atoms with Crippen LogP contribution in [0, 0.1) is 28.2 Å². The summed E-state index contributed by atoms with van der Waals surface area (Å²) in [5.74, 6) is -2.25. The molecule has 1 radical (unpaired) electrons. The molecule has 2 aliphatic rings. The van der Waals surface area contributed by atoms with E-state index < -0.39 is 44.2 Å². The van der Waals surface area contributed by atoms with Gasteiger partial charge in [-0.3, -0.25) is 29.3 Å². The molecule has 0 spiro atoms. The summed E-state index contributed by atoms with van der Waals surface area (Å²) in [6, 6.07) is 20.4. The third-order valence-corrected chi connectivity index (χ3v) is 21.7. The molecule has 6 N–H and O–H groups in total. The number of nitrogens with two attached hydrogens (primary N) is 1.